The number of benzene rings is 1. The van der Waals surface area contributed by atoms with Gasteiger partial charge in [0.15, 0.2) is 0 Å². The smallest absolute Gasteiger partial charge is 0.204 e. The zero-order chi connectivity index (χ0) is 14.0. The number of anilines is 2. The second kappa shape index (κ2) is 5.53. The number of halogens is 1. The van der Waals surface area contributed by atoms with Gasteiger partial charge in [-0.3, -0.25) is 0 Å². The third-order valence-corrected chi connectivity index (χ3v) is 3.34. The van der Waals surface area contributed by atoms with Crippen LogP contribution in [0.25, 0.3) is 0 Å². The van der Waals surface area contributed by atoms with E-state index < -0.39 is 0 Å². The molecule has 5 heteroatoms. The average molecular weight is 279 g/mol. The van der Waals surface area contributed by atoms with Crippen LogP contribution in [0.15, 0.2) is 24.4 Å². The van der Waals surface area contributed by atoms with Crippen molar-refractivity contribution in [2.24, 2.45) is 7.05 Å². The van der Waals surface area contributed by atoms with Gasteiger partial charge in [0.1, 0.15) is 0 Å². The maximum absolute atomic E-state index is 5.95. The molecule has 0 radical (unpaired) electrons. The highest BCUT2D eigenvalue weighted by molar-refractivity contribution is 6.30. The second-order valence-corrected chi connectivity index (χ2v) is 5.25. The lowest BCUT2D eigenvalue weighted by Crippen LogP contribution is -2.15. The number of nitrogens with zero attached hydrogens (tertiary/aromatic N) is 3. The molecule has 102 valence electrons. The molecule has 0 aliphatic carbocycles. The van der Waals surface area contributed by atoms with Gasteiger partial charge in [0.05, 0.1) is 18.4 Å². The first-order chi connectivity index (χ1) is 8.99. The van der Waals surface area contributed by atoms with Crippen molar-refractivity contribution in [2.75, 3.05) is 24.3 Å². The lowest BCUT2D eigenvalue weighted by atomic mass is 10.2. The maximum atomic E-state index is 5.95. The van der Waals surface area contributed by atoms with Gasteiger partial charge in [0, 0.05) is 31.9 Å². The lowest BCUT2D eigenvalue weighted by molar-refractivity contribution is 0.813. The van der Waals surface area contributed by atoms with E-state index in [1.54, 1.807) is 0 Å². The lowest BCUT2D eigenvalue weighted by Gasteiger charge is -2.14. The summed E-state index contributed by atoms with van der Waals surface area (Å²) in [6.45, 7) is 2.78. The van der Waals surface area contributed by atoms with Crippen LogP contribution < -0.4 is 10.2 Å². The fraction of sp³-hybridized carbons (Fsp3) is 0.357. The molecule has 1 N–H and O–H groups in total. The maximum Gasteiger partial charge on any atom is 0.204 e. The first-order valence-electron chi connectivity index (χ1n) is 6.17. The molecule has 0 saturated carbocycles. The van der Waals surface area contributed by atoms with E-state index in [0.717, 1.165) is 34.5 Å². The van der Waals surface area contributed by atoms with Gasteiger partial charge in [-0.15, -0.1) is 0 Å². The van der Waals surface area contributed by atoms with Crippen LogP contribution in [0.5, 0.6) is 0 Å². The SMILES string of the molecule is Cc1cc(Cl)ccc1NCc1cnc(N(C)C)n1C. The number of hydrogen-bond acceptors (Lipinski definition) is 3. The topological polar surface area (TPSA) is 33.1 Å². The minimum Gasteiger partial charge on any atom is -0.379 e. The quantitative estimate of drug-likeness (QED) is 0.933. The Labute approximate surface area is 119 Å². The van der Waals surface area contributed by atoms with Gasteiger partial charge in [-0.2, -0.15) is 0 Å². The normalized spacial score (nSPS) is 10.6. The number of aryl methyl sites for hydroxylation is 1. The van der Waals surface area contributed by atoms with E-state index in [2.05, 4.69) is 14.9 Å². The van der Waals surface area contributed by atoms with Crippen molar-refractivity contribution in [3.05, 3.63) is 40.7 Å². The third kappa shape index (κ3) is 3.01. The summed E-state index contributed by atoms with van der Waals surface area (Å²) in [5, 5.41) is 4.17. The Bertz CT molecular complexity index is 575. The van der Waals surface area contributed by atoms with Crippen molar-refractivity contribution >= 4 is 23.2 Å². The van der Waals surface area contributed by atoms with Crippen molar-refractivity contribution in [2.45, 2.75) is 13.5 Å². The van der Waals surface area contributed by atoms with Crippen molar-refractivity contribution in [1.82, 2.24) is 9.55 Å². The van der Waals surface area contributed by atoms with Crippen LogP contribution in [-0.2, 0) is 13.6 Å². The standard InChI is InChI=1S/C14H19ClN4/c1-10-7-11(15)5-6-13(10)16-8-12-9-17-14(18(2)3)19(12)4/h5-7,9,16H,8H2,1-4H3. The molecule has 4 nitrogen and oxygen atoms in total. The zero-order valence-corrected chi connectivity index (χ0v) is 12.5. The number of aromatic nitrogens is 2. The van der Waals surface area contributed by atoms with Gasteiger partial charge >= 0.3 is 0 Å². The van der Waals surface area contributed by atoms with Crippen molar-refractivity contribution < 1.29 is 0 Å². The molecule has 0 spiro atoms. The minimum atomic E-state index is 0.736. The van der Waals surface area contributed by atoms with Crippen molar-refractivity contribution in [3.8, 4) is 0 Å². The fourth-order valence-electron chi connectivity index (χ4n) is 2.02. The van der Waals surface area contributed by atoms with Crippen LogP contribution in [-0.4, -0.2) is 23.6 Å². The zero-order valence-electron chi connectivity index (χ0n) is 11.7. The van der Waals surface area contributed by atoms with Crippen LogP contribution in [0, 0.1) is 6.92 Å². The van der Waals surface area contributed by atoms with Crippen LogP contribution >= 0.6 is 11.6 Å². The van der Waals surface area contributed by atoms with Gasteiger partial charge in [-0.05, 0) is 30.7 Å². The largest absolute Gasteiger partial charge is 0.379 e. The first kappa shape index (κ1) is 13.7. The summed E-state index contributed by atoms with van der Waals surface area (Å²) < 4.78 is 2.08. The number of rotatable bonds is 4. The Kier molecular flexibility index (Phi) is 4.00. The molecule has 1 aromatic heterocycles. The molecule has 19 heavy (non-hydrogen) atoms. The predicted molar refractivity (Wildman–Crippen MR) is 81.1 cm³/mol. The Morgan fingerprint density at radius 1 is 1.37 bits per heavy atom. The molecule has 2 rings (SSSR count). The summed E-state index contributed by atoms with van der Waals surface area (Å²) in [4.78, 5) is 6.39. The van der Waals surface area contributed by atoms with E-state index in [0.29, 0.717) is 0 Å². The van der Waals surface area contributed by atoms with Gasteiger partial charge in [0.25, 0.3) is 0 Å². The molecule has 0 unspecified atom stereocenters. The molecule has 1 heterocycles. The fourth-order valence-corrected chi connectivity index (χ4v) is 2.25. The molecule has 0 amide bonds. The van der Waals surface area contributed by atoms with Crippen LogP contribution in [0.1, 0.15) is 11.3 Å². The predicted octanol–water partition coefficient (Wildman–Crippen LogP) is 3.06. The summed E-state index contributed by atoms with van der Waals surface area (Å²) >= 11 is 5.95. The summed E-state index contributed by atoms with van der Waals surface area (Å²) in [6.07, 6.45) is 1.90. The monoisotopic (exact) mass is 278 g/mol. The number of nitrogens with one attached hydrogen (secondary N) is 1. The second-order valence-electron chi connectivity index (χ2n) is 4.82. The minimum absolute atomic E-state index is 0.736. The van der Waals surface area contributed by atoms with Crippen molar-refractivity contribution in [1.29, 1.82) is 0 Å². The molecule has 2 aromatic rings. The molecule has 0 saturated heterocycles. The summed E-state index contributed by atoms with van der Waals surface area (Å²) in [5.41, 5.74) is 3.37. The summed E-state index contributed by atoms with van der Waals surface area (Å²) in [6, 6.07) is 5.85. The Morgan fingerprint density at radius 3 is 2.68 bits per heavy atom. The molecule has 1 aromatic carbocycles. The van der Waals surface area contributed by atoms with Crippen molar-refractivity contribution in [3.63, 3.8) is 0 Å². The number of imidazole rings is 1. The van der Waals surface area contributed by atoms with E-state index in [1.165, 1.54) is 0 Å². The van der Waals surface area contributed by atoms with Crippen LogP contribution in [0.2, 0.25) is 5.02 Å². The summed E-state index contributed by atoms with van der Waals surface area (Å²) in [7, 11) is 6.00. The van der Waals surface area contributed by atoms with E-state index in [9.17, 15) is 0 Å². The Morgan fingerprint density at radius 2 is 2.11 bits per heavy atom. The van der Waals surface area contributed by atoms with E-state index in [4.69, 9.17) is 11.6 Å². The van der Waals surface area contributed by atoms with Crippen LogP contribution in [0.4, 0.5) is 11.6 Å². The van der Waals surface area contributed by atoms with Gasteiger partial charge in [0.2, 0.25) is 5.95 Å². The molecule has 0 bridgehead atoms. The van der Waals surface area contributed by atoms with Gasteiger partial charge in [-0.25, -0.2) is 4.98 Å². The first-order valence-corrected chi connectivity index (χ1v) is 6.55. The molecular formula is C14H19ClN4. The van der Waals surface area contributed by atoms with E-state index in [1.807, 2.05) is 57.4 Å². The molecular weight excluding hydrogens is 260 g/mol. The summed E-state index contributed by atoms with van der Waals surface area (Å²) in [5.74, 6) is 0.949. The molecule has 0 aliphatic rings. The van der Waals surface area contributed by atoms with Crippen LogP contribution in [0.3, 0.4) is 0 Å². The third-order valence-electron chi connectivity index (χ3n) is 3.11. The highest BCUT2D eigenvalue weighted by atomic mass is 35.5. The molecule has 0 fully saturated rings. The highest BCUT2D eigenvalue weighted by Crippen LogP contribution is 2.20. The number of hydrogen-bond donors (Lipinski definition) is 1. The van der Waals surface area contributed by atoms with E-state index >= 15 is 0 Å². The molecule has 0 aliphatic heterocycles. The van der Waals surface area contributed by atoms with Gasteiger partial charge < -0.3 is 14.8 Å². The Hall–Kier alpha value is -1.68. The van der Waals surface area contributed by atoms with E-state index in [-0.39, 0.29) is 0 Å². The Balaban J connectivity index is 2.10. The molecule has 0 atom stereocenters. The highest BCUT2D eigenvalue weighted by Gasteiger charge is 2.08. The average Bonchev–Trinajstić information content (AvgIpc) is 2.70. The van der Waals surface area contributed by atoms with Gasteiger partial charge in [-0.1, -0.05) is 11.6 Å².